The van der Waals surface area contributed by atoms with Crippen molar-refractivity contribution in [3.05, 3.63) is 40.9 Å². The monoisotopic (exact) mass is 346 g/mol. The standard InChI is InChI=1S/C17H22N4O2S/c1-12-9-21(10-13(2)23-12)11-15(22)18-17-20-19-16(24-17)8-14-6-4-3-5-7-14/h3-7,12-13H,8-11H2,1-2H3,(H,18,20,22). The lowest BCUT2D eigenvalue weighted by atomic mass is 10.2. The number of carbonyl (C=O) groups is 1. The highest BCUT2D eigenvalue weighted by Crippen LogP contribution is 2.18. The Balaban J connectivity index is 1.52. The second kappa shape index (κ2) is 7.83. The summed E-state index contributed by atoms with van der Waals surface area (Å²) in [5, 5.41) is 12.5. The molecule has 1 aromatic carbocycles. The highest BCUT2D eigenvalue weighted by Gasteiger charge is 2.24. The molecule has 1 fully saturated rings. The lowest BCUT2D eigenvalue weighted by Gasteiger charge is -2.34. The van der Waals surface area contributed by atoms with E-state index >= 15 is 0 Å². The summed E-state index contributed by atoms with van der Waals surface area (Å²) in [6.07, 6.45) is 1.04. The van der Waals surface area contributed by atoms with Gasteiger partial charge < -0.3 is 4.74 Å². The number of nitrogens with one attached hydrogen (secondary N) is 1. The first kappa shape index (κ1) is 17.0. The maximum atomic E-state index is 12.2. The molecular formula is C17H22N4O2S. The van der Waals surface area contributed by atoms with Crippen molar-refractivity contribution in [2.24, 2.45) is 0 Å². The predicted molar refractivity (Wildman–Crippen MR) is 94.2 cm³/mol. The minimum Gasteiger partial charge on any atom is -0.373 e. The van der Waals surface area contributed by atoms with Gasteiger partial charge in [-0.15, -0.1) is 10.2 Å². The third kappa shape index (κ3) is 4.83. The molecule has 1 aliphatic heterocycles. The zero-order chi connectivity index (χ0) is 16.9. The fourth-order valence-electron chi connectivity index (χ4n) is 2.92. The molecule has 0 aliphatic carbocycles. The van der Waals surface area contributed by atoms with Gasteiger partial charge in [-0.25, -0.2) is 0 Å². The van der Waals surface area contributed by atoms with E-state index in [2.05, 4.69) is 32.5 Å². The molecule has 0 saturated carbocycles. The molecular weight excluding hydrogens is 324 g/mol. The molecule has 7 heteroatoms. The summed E-state index contributed by atoms with van der Waals surface area (Å²) in [6.45, 7) is 5.95. The van der Waals surface area contributed by atoms with E-state index < -0.39 is 0 Å². The number of carbonyl (C=O) groups excluding carboxylic acids is 1. The van der Waals surface area contributed by atoms with E-state index in [1.807, 2.05) is 32.0 Å². The molecule has 2 heterocycles. The lowest BCUT2D eigenvalue weighted by molar-refractivity contribution is -0.121. The van der Waals surface area contributed by atoms with Crippen LogP contribution in [0, 0.1) is 0 Å². The van der Waals surface area contributed by atoms with Crippen LogP contribution in [-0.4, -0.2) is 52.8 Å². The SMILES string of the molecule is CC1CN(CC(=O)Nc2nnc(Cc3ccccc3)s2)CC(C)O1. The number of nitrogens with zero attached hydrogens (tertiary/aromatic N) is 3. The minimum absolute atomic E-state index is 0.0567. The number of rotatable bonds is 5. The molecule has 0 spiro atoms. The van der Waals surface area contributed by atoms with Crippen molar-refractivity contribution in [1.82, 2.24) is 15.1 Å². The lowest BCUT2D eigenvalue weighted by Crippen LogP contribution is -2.48. The van der Waals surface area contributed by atoms with Crippen molar-refractivity contribution < 1.29 is 9.53 Å². The number of anilines is 1. The molecule has 0 radical (unpaired) electrons. The first-order valence-corrected chi connectivity index (χ1v) is 8.94. The second-order valence-corrected chi connectivity index (χ2v) is 7.22. The average molecular weight is 346 g/mol. The van der Waals surface area contributed by atoms with Gasteiger partial charge in [0.2, 0.25) is 11.0 Å². The van der Waals surface area contributed by atoms with E-state index in [1.54, 1.807) is 0 Å². The van der Waals surface area contributed by atoms with Crippen LogP contribution >= 0.6 is 11.3 Å². The molecule has 2 atom stereocenters. The van der Waals surface area contributed by atoms with Gasteiger partial charge in [-0.3, -0.25) is 15.0 Å². The van der Waals surface area contributed by atoms with Crippen LogP contribution in [0.15, 0.2) is 30.3 Å². The molecule has 128 valence electrons. The van der Waals surface area contributed by atoms with Crippen LogP contribution in [0.4, 0.5) is 5.13 Å². The number of benzene rings is 1. The Morgan fingerprint density at radius 1 is 1.25 bits per heavy atom. The third-order valence-corrected chi connectivity index (χ3v) is 4.61. The Morgan fingerprint density at radius 2 is 1.96 bits per heavy atom. The molecule has 1 amide bonds. The highest BCUT2D eigenvalue weighted by molar-refractivity contribution is 7.15. The van der Waals surface area contributed by atoms with Crippen LogP contribution in [-0.2, 0) is 16.0 Å². The van der Waals surface area contributed by atoms with Crippen LogP contribution in [0.1, 0.15) is 24.4 Å². The fourth-order valence-corrected chi connectivity index (χ4v) is 3.71. The van der Waals surface area contributed by atoms with Crippen LogP contribution < -0.4 is 5.32 Å². The molecule has 3 rings (SSSR count). The minimum atomic E-state index is -0.0567. The fraction of sp³-hybridized carbons (Fsp3) is 0.471. The van der Waals surface area contributed by atoms with Crippen molar-refractivity contribution in [3.63, 3.8) is 0 Å². The smallest absolute Gasteiger partial charge is 0.240 e. The first-order valence-electron chi connectivity index (χ1n) is 8.12. The van der Waals surface area contributed by atoms with Gasteiger partial charge in [-0.05, 0) is 19.4 Å². The summed E-state index contributed by atoms with van der Waals surface area (Å²) >= 11 is 1.42. The molecule has 2 unspecified atom stereocenters. The Labute approximate surface area is 145 Å². The number of ether oxygens (including phenoxy) is 1. The topological polar surface area (TPSA) is 67.4 Å². The Kier molecular flexibility index (Phi) is 5.55. The van der Waals surface area contributed by atoms with Crippen LogP contribution in [0.3, 0.4) is 0 Å². The van der Waals surface area contributed by atoms with Gasteiger partial charge in [0.05, 0.1) is 18.8 Å². The van der Waals surface area contributed by atoms with Gasteiger partial charge in [0, 0.05) is 19.5 Å². The third-order valence-electron chi connectivity index (χ3n) is 3.77. The molecule has 1 aliphatic rings. The van der Waals surface area contributed by atoms with Crippen LogP contribution in [0.2, 0.25) is 0 Å². The molecule has 24 heavy (non-hydrogen) atoms. The summed E-state index contributed by atoms with van der Waals surface area (Å²) in [6, 6.07) is 10.1. The van der Waals surface area contributed by atoms with Crippen molar-refractivity contribution in [1.29, 1.82) is 0 Å². The molecule has 2 aromatic rings. The normalized spacial score (nSPS) is 21.6. The van der Waals surface area contributed by atoms with Gasteiger partial charge in [0.1, 0.15) is 5.01 Å². The molecule has 0 bridgehead atoms. The van der Waals surface area contributed by atoms with Gasteiger partial charge in [0.25, 0.3) is 0 Å². The summed E-state index contributed by atoms with van der Waals surface area (Å²) in [4.78, 5) is 14.3. The molecule has 1 saturated heterocycles. The first-order chi connectivity index (χ1) is 11.6. The zero-order valence-corrected chi connectivity index (χ0v) is 14.8. The van der Waals surface area contributed by atoms with Crippen molar-refractivity contribution in [2.45, 2.75) is 32.5 Å². The highest BCUT2D eigenvalue weighted by atomic mass is 32.1. The number of hydrogen-bond acceptors (Lipinski definition) is 6. The number of morpholine rings is 1. The van der Waals surface area contributed by atoms with Crippen molar-refractivity contribution in [3.8, 4) is 0 Å². The summed E-state index contributed by atoms with van der Waals surface area (Å²) in [7, 11) is 0. The van der Waals surface area contributed by atoms with Gasteiger partial charge in [0.15, 0.2) is 0 Å². The van der Waals surface area contributed by atoms with Crippen molar-refractivity contribution >= 4 is 22.4 Å². The van der Waals surface area contributed by atoms with Gasteiger partial charge in [-0.1, -0.05) is 41.7 Å². The van der Waals surface area contributed by atoms with E-state index in [0.717, 1.165) is 24.5 Å². The maximum absolute atomic E-state index is 12.2. The molecule has 6 nitrogen and oxygen atoms in total. The van der Waals surface area contributed by atoms with E-state index in [4.69, 9.17) is 4.74 Å². The van der Waals surface area contributed by atoms with Gasteiger partial charge in [-0.2, -0.15) is 0 Å². The van der Waals surface area contributed by atoms with E-state index in [0.29, 0.717) is 11.7 Å². The van der Waals surface area contributed by atoms with Gasteiger partial charge >= 0.3 is 0 Å². The Bertz CT molecular complexity index is 666. The number of aromatic nitrogens is 2. The second-order valence-electron chi connectivity index (χ2n) is 6.16. The molecule has 1 N–H and O–H groups in total. The van der Waals surface area contributed by atoms with E-state index in [9.17, 15) is 4.79 Å². The Morgan fingerprint density at radius 3 is 2.67 bits per heavy atom. The number of amides is 1. The largest absolute Gasteiger partial charge is 0.373 e. The Hall–Kier alpha value is -1.83. The van der Waals surface area contributed by atoms with Crippen LogP contribution in [0.25, 0.3) is 0 Å². The number of hydrogen-bond donors (Lipinski definition) is 1. The quantitative estimate of drug-likeness (QED) is 0.899. The molecule has 1 aromatic heterocycles. The maximum Gasteiger partial charge on any atom is 0.240 e. The summed E-state index contributed by atoms with van der Waals surface area (Å²) in [5.74, 6) is -0.0567. The summed E-state index contributed by atoms with van der Waals surface area (Å²) in [5.41, 5.74) is 1.18. The van der Waals surface area contributed by atoms with Crippen LogP contribution in [0.5, 0.6) is 0 Å². The van der Waals surface area contributed by atoms with E-state index in [1.165, 1.54) is 16.9 Å². The zero-order valence-electron chi connectivity index (χ0n) is 13.9. The van der Waals surface area contributed by atoms with E-state index in [-0.39, 0.29) is 18.1 Å². The van der Waals surface area contributed by atoms with Crippen molar-refractivity contribution in [2.75, 3.05) is 25.0 Å². The predicted octanol–water partition coefficient (Wildman–Crippen LogP) is 2.18. The summed E-state index contributed by atoms with van der Waals surface area (Å²) < 4.78 is 5.68. The average Bonchev–Trinajstić information content (AvgIpc) is 2.94.